The molecule has 2 heterocycles. The van der Waals surface area contributed by atoms with Crippen LogP contribution < -0.4 is 0 Å². The molecule has 0 bridgehead atoms. The molecule has 158 valence electrons. The SMILES string of the molecule is C[C@H]1COC(=O)[C@H]1O[C@H]1O[C@H](COC(=O)C=Cc2ccccc2)[C@@H](O)[C@H](O)[C@H]1O. The molecule has 7 atom stereocenters. The van der Waals surface area contributed by atoms with Crippen LogP contribution in [-0.4, -0.2) is 77.3 Å². The number of carbonyl (C=O) groups is 2. The summed E-state index contributed by atoms with van der Waals surface area (Å²) in [6.07, 6.45) is -5.42. The Bertz CT molecular complexity index is 735. The van der Waals surface area contributed by atoms with Gasteiger partial charge in [0.25, 0.3) is 0 Å². The highest BCUT2D eigenvalue weighted by Gasteiger charge is 2.47. The van der Waals surface area contributed by atoms with Crippen LogP contribution in [0.15, 0.2) is 36.4 Å². The molecule has 1 aromatic carbocycles. The summed E-state index contributed by atoms with van der Waals surface area (Å²) >= 11 is 0. The lowest BCUT2D eigenvalue weighted by molar-refractivity contribution is -0.310. The second-order valence-corrected chi connectivity index (χ2v) is 7.05. The normalized spacial score (nSPS) is 34.9. The van der Waals surface area contributed by atoms with Crippen LogP contribution in [0.25, 0.3) is 6.08 Å². The quantitative estimate of drug-likeness (QED) is 0.426. The number of aliphatic hydroxyl groups excluding tert-OH is 3. The molecule has 1 aromatic rings. The van der Waals surface area contributed by atoms with E-state index in [1.807, 2.05) is 30.3 Å². The number of aliphatic hydroxyl groups is 3. The third kappa shape index (κ3) is 5.20. The summed E-state index contributed by atoms with van der Waals surface area (Å²) in [4.78, 5) is 23.6. The summed E-state index contributed by atoms with van der Waals surface area (Å²) in [6, 6.07) is 9.12. The second kappa shape index (κ2) is 9.47. The lowest BCUT2D eigenvalue weighted by Gasteiger charge is -2.40. The third-order valence-electron chi connectivity index (χ3n) is 4.79. The molecule has 2 saturated heterocycles. The van der Waals surface area contributed by atoms with E-state index >= 15 is 0 Å². The van der Waals surface area contributed by atoms with Gasteiger partial charge in [0, 0.05) is 12.0 Å². The zero-order valence-electron chi connectivity index (χ0n) is 15.8. The molecule has 0 aliphatic carbocycles. The van der Waals surface area contributed by atoms with Crippen LogP contribution in [0.3, 0.4) is 0 Å². The van der Waals surface area contributed by atoms with E-state index in [0.29, 0.717) is 0 Å². The molecule has 0 saturated carbocycles. The van der Waals surface area contributed by atoms with Crippen molar-refractivity contribution < 1.29 is 43.9 Å². The minimum atomic E-state index is -1.61. The molecule has 0 spiro atoms. The lowest BCUT2D eigenvalue weighted by atomic mass is 9.99. The average Bonchev–Trinajstić information content (AvgIpc) is 3.04. The fraction of sp³-hybridized carbons (Fsp3) is 0.500. The van der Waals surface area contributed by atoms with Crippen molar-refractivity contribution in [3.63, 3.8) is 0 Å². The lowest BCUT2D eigenvalue weighted by Crippen LogP contribution is -2.60. The largest absolute Gasteiger partial charge is 0.463 e. The van der Waals surface area contributed by atoms with Gasteiger partial charge in [0.1, 0.15) is 31.0 Å². The van der Waals surface area contributed by atoms with Gasteiger partial charge in [0.15, 0.2) is 12.4 Å². The average molecular weight is 408 g/mol. The van der Waals surface area contributed by atoms with Gasteiger partial charge in [0.05, 0.1) is 6.61 Å². The Morgan fingerprint density at radius 1 is 1.17 bits per heavy atom. The number of cyclic esters (lactones) is 1. The fourth-order valence-electron chi connectivity index (χ4n) is 3.06. The highest BCUT2D eigenvalue weighted by Crippen LogP contribution is 2.27. The first-order chi connectivity index (χ1) is 13.9. The summed E-state index contributed by atoms with van der Waals surface area (Å²) in [6.45, 7) is 1.52. The molecular weight excluding hydrogens is 384 g/mol. The van der Waals surface area contributed by atoms with Gasteiger partial charge < -0.3 is 34.3 Å². The zero-order valence-corrected chi connectivity index (χ0v) is 15.8. The van der Waals surface area contributed by atoms with Gasteiger partial charge in [-0.1, -0.05) is 37.3 Å². The first kappa shape index (κ1) is 21.4. The van der Waals surface area contributed by atoms with Crippen molar-refractivity contribution in [3.8, 4) is 0 Å². The second-order valence-electron chi connectivity index (χ2n) is 7.05. The minimum Gasteiger partial charge on any atom is -0.463 e. The predicted octanol–water partition coefficient (Wildman–Crippen LogP) is -0.371. The van der Waals surface area contributed by atoms with Crippen molar-refractivity contribution in [1.29, 1.82) is 0 Å². The van der Waals surface area contributed by atoms with E-state index in [1.165, 1.54) is 6.08 Å². The van der Waals surface area contributed by atoms with Crippen LogP contribution in [0.5, 0.6) is 0 Å². The maximum absolute atomic E-state index is 11.9. The van der Waals surface area contributed by atoms with Crippen molar-refractivity contribution >= 4 is 18.0 Å². The van der Waals surface area contributed by atoms with E-state index in [9.17, 15) is 24.9 Å². The van der Waals surface area contributed by atoms with E-state index < -0.39 is 48.7 Å². The molecule has 3 N–H and O–H groups in total. The molecule has 2 aliphatic heterocycles. The van der Waals surface area contributed by atoms with E-state index in [0.717, 1.165) is 5.56 Å². The molecular formula is C20H24O9. The van der Waals surface area contributed by atoms with E-state index in [-0.39, 0.29) is 19.1 Å². The zero-order chi connectivity index (χ0) is 21.0. The standard InChI is InChI=1S/C20H24O9/c1-11-9-27-19(25)18(11)29-20-17(24)16(23)15(22)13(28-20)10-26-14(21)8-7-12-5-3-2-4-6-12/h2-8,11,13,15-18,20,22-24H,9-10H2,1H3/t11-,13+,15+,16-,17+,18-,20+/m0/s1. The van der Waals surface area contributed by atoms with Gasteiger partial charge in [-0.05, 0) is 11.6 Å². The van der Waals surface area contributed by atoms with E-state index in [1.54, 1.807) is 13.0 Å². The summed E-state index contributed by atoms with van der Waals surface area (Å²) in [5.74, 6) is -1.53. The maximum atomic E-state index is 11.9. The Labute approximate surface area is 167 Å². The maximum Gasteiger partial charge on any atom is 0.335 e. The van der Waals surface area contributed by atoms with Gasteiger partial charge in [-0.25, -0.2) is 9.59 Å². The number of carbonyl (C=O) groups excluding carboxylic acids is 2. The number of esters is 2. The van der Waals surface area contributed by atoms with Crippen molar-refractivity contribution in [1.82, 2.24) is 0 Å². The van der Waals surface area contributed by atoms with E-state index in [2.05, 4.69) is 0 Å². The number of benzene rings is 1. The summed E-state index contributed by atoms with van der Waals surface area (Å²) in [7, 11) is 0. The van der Waals surface area contributed by atoms with Crippen LogP contribution in [-0.2, 0) is 28.5 Å². The van der Waals surface area contributed by atoms with Gasteiger partial charge in [-0.3, -0.25) is 0 Å². The van der Waals surface area contributed by atoms with Crippen LogP contribution in [0.2, 0.25) is 0 Å². The van der Waals surface area contributed by atoms with Gasteiger partial charge >= 0.3 is 11.9 Å². The molecule has 0 amide bonds. The Balaban J connectivity index is 1.57. The number of ether oxygens (including phenoxy) is 4. The first-order valence-electron chi connectivity index (χ1n) is 9.28. The summed E-state index contributed by atoms with van der Waals surface area (Å²) < 4.78 is 20.9. The van der Waals surface area contributed by atoms with E-state index in [4.69, 9.17) is 18.9 Å². The molecule has 3 rings (SSSR count). The predicted molar refractivity (Wildman–Crippen MR) is 98.1 cm³/mol. The molecule has 0 radical (unpaired) electrons. The van der Waals surface area contributed by atoms with Crippen molar-refractivity contribution in [2.24, 2.45) is 5.92 Å². The Kier molecular flexibility index (Phi) is 6.99. The Morgan fingerprint density at radius 3 is 2.55 bits per heavy atom. The summed E-state index contributed by atoms with van der Waals surface area (Å²) in [5.41, 5.74) is 0.808. The van der Waals surface area contributed by atoms with Gasteiger partial charge in [-0.2, -0.15) is 0 Å². The number of rotatable bonds is 6. The van der Waals surface area contributed by atoms with Crippen LogP contribution in [0.4, 0.5) is 0 Å². The molecule has 2 fully saturated rings. The molecule has 9 heteroatoms. The number of hydrogen-bond acceptors (Lipinski definition) is 9. The van der Waals surface area contributed by atoms with Gasteiger partial charge in [0.2, 0.25) is 0 Å². The van der Waals surface area contributed by atoms with Crippen LogP contribution >= 0.6 is 0 Å². The van der Waals surface area contributed by atoms with Crippen LogP contribution in [0, 0.1) is 5.92 Å². The van der Waals surface area contributed by atoms with Gasteiger partial charge in [-0.15, -0.1) is 0 Å². The molecule has 29 heavy (non-hydrogen) atoms. The fourth-order valence-corrected chi connectivity index (χ4v) is 3.06. The first-order valence-corrected chi connectivity index (χ1v) is 9.28. The summed E-state index contributed by atoms with van der Waals surface area (Å²) in [5, 5.41) is 30.3. The topological polar surface area (TPSA) is 132 Å². The molecule has 2 aliphatic rings. The molecule has 9 nitrogen and oxygen atoms in total. The van der Waals surface area contributed by atoms with Crippen molar-refractivity contribution in [2.75, 3.05) is 13.2 Å². The minimum absolute atomic E-state index is 0.173. The highest BCUT2D eigenvalue weighted by atomic mass is 16.7. The molecule has 0 aromatic heterocycles. The molecule has 0 unspecified atom stereocenters. The van der Waals surface area contributed by atoms with Crippen molar-refractivity contribution in [2.45, 2.75) is 43.7 Å². The smallest absolute Gasteiger partial charge is 0.335 e. The Morgan fingerprint density at radius 2 is 1.90 bits per heavy atom. The van der Waals surface area contributed by atoms with Crippen molar-refractivity contribution in [3.05, 3.63) is 42.0 Å². The monoisotopic (exact) mass is 408 g/mol. The number of hydrogen-bond donors (Lipinski definition) is 3. The highest BCUT2D eigenvalue weighted by molar-refractivity contribution is 5.87. The third-order valence-corrected chi connectivity index (χ3v) is 4.79. The van der Waals surface area contributed by atoms with Crippen LogP contribution in [0.1, 0.15) is 12.5 Å². The Hall–Kier alpha value is -2.30.